The predicted molar refractivity (Wildman–Crippen MR) is 57.2 cm³/mol. The molecule has 1 saturated carbocycles. The van der Waals surface area contributed by atoms with Crippen molar-refractivity contribution in [2.75, 3.05) is 19.7 Å². The molecule has 0 aliphatic heterocycles. The lowest BCUT2D eigenvalue weighted by atomic mass is 9.91. The molecule has 3 nitrogen and oxygen atoms in total. The molecule has 0 amide bonds. The molecule has 84 valence electrons. The maximum atomic E-state index is 9.87. The van der Waals surface area contributed by atoms with Crippen molar-refractivity contribution in [2.24, 2.45) is 0 Å². The van der Waals surface area contributed by atoms with Gasteiger partial charge in [0, 0.05) is 19.2 Å². The normalized spacial score (nSPS) is 28.3. The Morgan fingerprint density at radius 3 is 2.57 bits per heavy atom. The van der Waals surface area contributed by atoms with Gasteiger partial charge < -0.3 is 10.2 Å². The van der Waals surface area contributed by atoms with E-state index in [0.717, 1.165) is 38.8 Å². The zero-order valence-corrected chi connectivity index (χ0v) is 9.15. The zero-order valence-electron chi connectivity index (χ0n) is 9.15. The van der Waals surface area contributed by atoms with Crippen LogP contribution >= 0.6 is 0 Å². The summed E-state index contributed by atoms with van der Waals surface area (Å²) in [5.74, 6) is 0. The summed E-state index contributed by atoms with van der Waals surface area (Å²) >= 11 is 0. The fourth-order valence-electron chi connectivity index (χ4n) is 2.35. The van der Waals surface area contributed by atoms with Gasteiger partial charge in [-0.05, 0) is 25.8 Å². The van der Waals surface area contributed by atoms with Crippen LogP contribution in [0.1, 0.15) is 39.0 Å². The van der Waals surface area contributed by atoms with Crippen molar-refractivity contribution >= 4 is 0 Å². The van der Waals surface area contributed by atoms with Crippen LogP contribution in [0.5, 0.6) is 0 Å². The van der Waals surface area contributed by atoms with Gasteiger partial charge in [-0.2, -0.15) is 0 Å². The molecule has 0 aromatic heterocycles. The van der Waals surface area contributed by atoms with Gasteiger partial charge in [0.2, 0.25) is 0 Å². The molecule has 0 radical (unpaired) electrons. The van der Waals surface area contributed by atoms with E-state index in [2.05, 4.69) is 11.8 Å². The van der Waals surface area contributed by atoms with E-state index in [9.17, 15) is 5.11 Å². The number of rotatable bonds is 5. The van der Waals surface area contributed by atoms with Gasteiger partial charge in [0.1, 0.15) is 0 Å². The molecule has 14 heavy (non-hydrogen) atoms. The number of hydrogen-bond donors (Lipinski definition) is 2. The average molecular weight is 201 g/mol. The maximum Gasteiger partial charge on any atom is 0.0695 e. The smallest absolute Gasteiger partial charge is 0.0695 e. The Labute approximate surface area is 86.7 Å². The molecule has 1 aliphatic rings. The van der Waals surface area contributed by atoms with Crippen LogP contribution < -0.4 is 0 Å². The molecule has 0 unspecified atom stereocenters. The number of aliphatic hydroxyl groups excluding tert-OH is 2. The quantitative estimate of drug-likeness (QED) is 0.697. The van der Waals surface area contributed by atoms with Crippen molar-refractivity contribution in [2.45, 2.75) is 51.2 Å². The summed E-state index contributed by atoms with van der Waals surface area (Å²) in [6.07, 6.45) is 5.12. The van der Waals surface area contributed by atoms with Gasteiger partial charge in [0.15, 0.2) is 0 Å². The largest absolute Gasteiger partial charge is 0.396 e. The van der Waals surface area contributed by atoms with Crippen molar-refractivity contribution < 1.29 is 10.2 Å². The first-order chi connectivity index (χ1) is 6.79. The van der Waals surface area contributed by atoms with Crippen LogP contribution in [0.25, 0.3) is 0 Å². The first-order valence-corrected chi connectivity index (χ1v) is 5.82. The number of nitrogens with zero attached hydrogens (tertiary/aromatic N) is 1. The second-order valence-electron chi connectivity index (χ2n) is 4.12. The van der Waals surface area contributed by atoms with Crippen LogP contribution in [-0.4, -0.2) is 47.0 Å². The standard InChI is InChI=1S/C11H23NO2/c1-2-12(8-5-9-13)10-6-3-4-7-11(10)14/h10-11,13-14H,2-9H2,1H3/t10-,11-/m0/s1. The molecule has 1 rings (SSSR count). The van der Waals surface area contributed by atoms with E-state index in [0.29, 0.717) is 6.04 Å². The third kappa shape index (κ3) is 3.23. The minimum absolute atomic E-state index is 0.151. The maximum absolute atomic E-state index is 9.87. The van der Waals surface area contributed by atoms with Gasteiger partial charge in [0.05, 0.1) is 6.10 Å². The Morgan fingerprint density at radius 1 is 1.29 bits per heavy atom. The second kappa shape index (κ2) is 6.38. The summed E-state index contributed by atoms with van der Waals surface area (Å²) < 4.78 is 0. The number of hydrogen-bond acceptors (Lipinski definition) is 3. The van der Waals surface area contributed by atoms with Crippen molar-refractivity contribution in [3.63, 3.8) is 0 Å². The van der Waals surface area contributed by atoms with Crippen LogP contribution in [0, 0.1) is 0 Å². The molecule has 0 aromatic carbocycles. The Kier molecular flexibility index (Phi) is 5.45. The monoisotopic (exact) mass is 201 g/mol. The highest BCUT2D eigenvalue weighted by atomic mass is 16.3. The Bertz CT molecular complexity index is 152. The summed E-state index contributed by atoms with van der Waals surface area (Å²) in [6.45, 7) is 4.26. The van der Waals surface area contributed by atoms with Gasteiger partial charge in [-0.25, -0.2) is 0 Å². The van der Waals surface area contributed by atoms with Crippen molar-refractivity contribution in [3.05, 3.63) is 0 Å². The van der Waals surface area contributed by atoms with Gasteiger partial charge in [0.25, 0.3) is 0 Å². The van der Waals surface area contributed by atoms with Crippen LogP contribution in [-0.2, 0) is 0 Å². The minimum atomic E-state index is -0.151. The topological polar surface area (TPSA) is 43.7 Å². The molecule has 2 N–H and O–H groups in total. The van der Waals surface area contributed by atoms with Crippen molar-refractivity contribution in [1.29, 1.82) is 0 Å². The Morgan fingerprint density at radius 2 is 2.00 bits per heavy atom. The third-order valence-corrected chi connectivity index (χ3v) is 3.17. The minimum Gasteiger partial charge on any atom is -0.396 e. The van der Waals surface area contributed by atoms with E-state index in [4.69, 9.17) is 5.11 Å². The molecule has 0 aromatic rings. The fraction of sp³-hybridized carbons (Fsp3) is 1.00. The van der Waals surface area contributed by atoms with Crippen molar-refractivity contribution in [1.82, 2.24) is 4.90 Å². The molecule has 0 bridgehead atoms. The third-order valence-electron chi connectivity index (χ3n) is 3.17. The zero-order chi connectivity index (χ0) is 10.4. The lowest BCUT2D eigenvalue weighted by molar-refractivity contribution is 0.0197. The summed E-state index contributed by atoms with van der Waals surface area (Å²) in [7, 11) is 0. The van der Waals surface area contributed by atoms with Crippen LogP contribution in [0.15, 0.2) is 0 Å². The first kappa shape index (κ1) is 12.0. The van der Waals surface area contributed by atoms with E-state index in [1.807, 2.05) is 0 Å². The van der Waals surface area contributed by atoms with Crippen LogP contribution in [0.3, 0.4) is 0 Å². The molecule has 1 aliphatic carbocycles. The molecular formula is C11H23NO2. The fourth-order valence-corrected chi connectivity index (χ4v) is 2.35. The lowest BCUT2D eigenvalue weighted by Crippen LogP contribution is -2.45. The summed E-state index contributed by atoms with van der Waals surface area (Å²) in [4.78, 5) is 2.31. The average Bonchev–Trinajstić information content (AvgIpc) is 2.21. The van der Waals surface area contributed by atoms with Gasteiger partial charge >= 0.3 is 0 Å². The number of aliphatic hydroxyl groups is 2. The van der Waals surface area contributed by atoms with E-state index < -0.39 is 0 Å². The molecule has 3 heteroatoms. The van der Waals surface area contributed by atoms with Crippen LogP contribution in [0.4, 0.5) is 0 Å². The van der Waals surface area contributed by atoms with E-state index >= 15 is 0 Å². The van der Waals surface area contributed by atoms with Gasteiger partial charge in [-0.3, -0.25) is 4.90 Å². The van der Waals surface area contributed by atoms with Gasteiger partial charge in [-0.15, -0.1) is 0 Å². The molecule has 0 spiro atoms. The summed E-state index contributed by atoms with van der Waals surface area (Å²) in [5.41, 5.74) is 0. The highest BCUT2D eigenvalue weighted by Gasteiger charge is 2.27. The summed E-state index contributed by atoms with van der Waals surface area (Å²) in [6, 6.07) is 0.334. The van der Waals surface area contributed by atoms with E-state index in [1.54, 1.807) is 0 Å². The van der Waals surface area contributed by atoms with E-state index in [1.165, 1.54) is 6.42 Å². The molecule has 1 fully saturated rings. The molecule has 0 saturated heterocycles. The lowest BCUT2D eigenvalue weighted by Gasteiger charge is -2.37. The predicted octanol–water partition coefficient (Wildman–Crippen LogP) is 0.994. The summed E-state index contributed by atoms with van der Waals surface area (Å²) in [5, 5.41) is 18.7. The first-order valence-electron chi connectivity index (χ1n) is 5.82. The van der Waals surface area contributed by atoms with Gasteiger partial charge in [-0.1, -0.05) is 19.8 Å². The molecular weight excluding hydrogens is 178 g/mol. The SMILES string of the molecule is CCN(CCCO)[C@H]1CCCC[C@@H]1O. The Balaban J connectivity index is 2.40. The van der Waals surface area contributed by atoms with Crippen LogP contribution in [0.2, 0.25) is 0 Å². The van der Waals surface area contributed by atoms with Crippen molar-refractivity contribution in [3.8, 4) is 0 Å². The molecule has 0 heterocycles. The second-order valence-corrected chi connectivity index (χ2v) is 4.12. The highest BCUT2D eigenvalue weighted by molar-refractivity contribution is 4.82. The Hall–Kier alpha value is -0.120. The molecule has 2 atom stereocenters. The van der Waals surface area contributed by atoms with E-state index in [-0.39, 0.29) is 12.7 Å². The highest BCUT2D eigenvalue weighted by Crippen LogP contribution is 2.23. The number of likely N-dealkylation sites (N-methyl/N-ethyl adjacent to an activating group) is 1.